The van der Waals surface area contributed by atoms with Crippen molar-refractivity contribution >= 4 is 11.0 Å². The average Bonchev–Trinajstić information content (AvgIpc) is 2.84. The van der Waals surface area contributed by atoms with Crippen molar-refractivity contribution in [2.75, 3.05) is 0 Å². The normalized spacial score (nSPS) is 11.1. The zero-order valence-electron chi connectivity index (χ0n) is 9.23. The number of H-pyrrole nitrogens is 1. The fraction of sp³-hybridized carbons (Fsp3) is 0.167. The highest BCUT2D eigenvalue weighted by molar-refractivity contribution is 5.81. The molecule has 0 amide bonds. The van der Waals surface area contributed by atoms with Crippen molar-refractivity contribution < 1.29 is 0 Å². The van der Waals surface area contributed by atoms with E-state index in [0.717, 1.165) is 22.6 Å². The van der Waals surface area contributed by atoms with Crippen LogP contribution in [-0.2, 0) is 7.05 Å². The predicted molar refractivity (Wildman–Crippen MR) is 63.0 cm³/mol. The van der Waals surface area contributed by atoms with E-state index in [2.05, 4.69) is 27.9 Å². The summed E-state index contributed by atoms with van der Waals surface area (Å²) in [4.78, 5) is 12.1. The van der Waals surface area contributed by atoms with E-state index in [0.29, 0.717) is 0 Å². The lowest BCUT2D eigenvalue weighted by Crippen LogP contribution is -1.80. The maximum atomic E-state index is 4.56. The Balaban J connectivity index is 2.22. The minimum Gasteiger partial charge on any atom is -0.340 e. The van der Waals surface area contributed by atoms with Gasteiger partial charge in [0.2, 0.25) is 0 Å². The lowest BCUT2D eigenvalue weighted by atomic mass is 10.2. The van der Waals surface area contributed by atoms with E-state index in [1.165, 1.54) is 5.56 Å². The first-order chi connectivity index (χ1) is 7.74. The summed E-state index contributed by atoms with van der Waals surface area (Å²) in [5, 5.41) is 0. The molecule has 1 N–H and O–H groups in total. The van der Waals surface area contributed by atoms with Crippen LogP contribution in [0.3, 0.4) is 0 Å². The highest BCUT2D eigenvalue weighted by Crippen LogP contribution is 2.20. The van der Waals surface area contributed by atoms with E-state index in [1.54, 1.807) is 6.33 Å². The van der Waals surface area contributed by atoms with Crippen LogP contribution in [-0.4, -0.2) is 19.5 Å². The third kappa shape index (κ3) is 1.31. The van der Waals surface area contributed by atoms with Gasteiger partial charge in [0.05, 0.1) is 17.4 Å². The molecule has 0 unspecified atom stereocenters. The van der Waals surface area contributed by atoms with Crippen LogP contribution in [0.25, 0.3) is 22.6 Å². The van der Waals surface area contributed by atoms with Crippen LogP contribution in [0.4, 0.5) is 0 Å². The number of aryl methyl sites for hydroxylation is 2. The molecule has 4 nitrogen and oxygen atoms in total. The van der Waals surface area contributed by atoms with Crippen molar-refractivity contribution in [2.45, 2.75) is 6.92 Å². The summed E-state index contributed by atoms with van der Waals surface area (Å²) in [5.74, 6) is 0.824. The highest BCUT2D eigenvalue weighted by Gasteiger charge is 2.08. The molecule has 2 aromatic heterocycles. The van der Waals surface area contributed by atoms with Crippen molar-refractivity contribution in [3.8, 4) is 11.5 Å². The van der Waals surface area contributed by atoms with Crippen LogP contribution in [0.2, 0.25) is 0 Å². The van der Waals surface area contributed by atoms with Gasteiger partial charge in [0.25, 0.3) is 0 Å². The number of hydrogen-bond acceptors (Lipinski definition) is 2. The van der Waals surface area contributed by atoms with Gasteiger partial charge in [-0.25, -0.2) is 9.97 Å². The summed E-state index contributed by atoms with van der Waals surface area (Å²) in [6, 6.07) is 6.12. The Morgan fingerprint density at radius 2 is 2.19 bits per heavy atom. The van der Waals surface area contributed by atoms with Gasteiger partial charge in [0, 0.05) is 13.2 Å². The molecule has 0 aliphatic heterocycles. The molecule has 1 aromatic carbocycles. The van der Waals surface area contributed by atoms with Gasteiger partial charge < -0.3 is 9.55 Å². The van der Waals surface area contributed by atoms with Gasteiger partial charge in [-0.05, 0) is 18.6 Å². The van der Waals surface area contributed by atoms with Crippen LogP contribution < -0.4 is 0 Å². The first-order valence-electron chi connectivity index (χ1n) is 5.18. The minimum absolute atomic E-state index is 0.824. The average molecular weight is 212 g/mol. The number of rotatable bonds is 1. The molecule has 80 valence electrons. The van der Waals surface area contributed by atoms with Crippen LogP contribution in [0.1, 0.15) is 5.56 Å². The summed E-state index contributed by atoms with van der Waals surface area (Å²) < 4.78 is 1.91. The van der Waals surface area contributed by atoms with Gasteiger partial charge in [-0.2, -0.15) is 0 Å². The molecule has 3 aromatic rings. The predicted octanol–water partition coefficient (Wildman–Crippen LogP) is 2.27. The van der Waals surface area contributed by atoms with Gasteiger partial charge in [-0.15, -0.1) is 0 Å². The molecule has 0 bridgehead atoms. The number of aromatic nitrogens is 4. The second kappa shape index (κ2) is 3.20. The Morgan fingerprint density at radius 1 is 1.31 bits per heavy atom. The molecule has 0 spiro atoms. The first kappa shape index (κ1) is 9.15. The fourth-order valence-corrected chi connectivity index (χ4v) is 1.83. The van der Waals surface area contributed by atoms with Gasteiger partial charge in [0.15, 0.2) is 5.82 Å². The lowest BCUT2D eigenvalue weighted by Gasteiger charge is -1.90. The number of nitrogens with one attached hydrogen (secondary N) is 1. The number of fused-ring (bicyclic) bond motifs is 1. The molecule has 0 aliphatic carbocycles. The second-order valence-corrected chi connectivity index (χ2v) is 3.98. The number of benzene rings is 1. The van der Waals surface area contributed by atoms with Crippen LogP contribution in [0.5, 0.6) is 0 Å². The van der Waals surface area contributed by atoms with Crippen molar-refractivity contribution in [1.82, 2.24) is 19.5 Å². The van der Waals surface area contributed by atoms with Gasteiger partial charge in [-0.1, -0.05) is 12.1 Å². The quantitative estimate of drug-likeness (QED) is 0.672. The van der Waals surface area contributed by atoms with Crippen LogP contribution >= 0.6 is 0 Å². The Hall–Kier alpha value is -2.10. The van der Waals surface area contributed by atoms with E-state index in [1.807, 2.05) is 29.9 Å². The molecule has 0 saturated heterocycles. The van der Waals surface area contributed by atoms with Crippen LogP contribution in [0.15, 0.2) is 30.7 Å². The number of hydrogen-bond donors (Lipinski definition) is 1. The van der Waals surface area contributed by atoms with Crippen molar-refractivity contribution in [3.63, 3.8) is 0 Å². The number of imidazole rings is 2. The highest BCUT2D eigenvalue weighted by atomic mass is 15.0. The Bertz CT molecular complexity index is 648. The molecule has 0 saturated carbocycles. The molecule has 2 heterocycles. The summed E-state index contributed by atoms with van der Waals surface area (Å²) in [6.07, 6.45) is 3.72. The van der Waals surface area contributed by atoms with E-state index >= 15 is 0 Å². The summed E-state index contributed by atoms with van der Waals surface area (Å²) >= 11 is 0. The van der Waals surface area contributed by atoms with Gasteiger partial charge in [0.1, 0.15) is 5.69 Å². The minimum atomic E-state index is 0.824. The van der Waals surface area contributed by atoms with Crippen LogP contribution in [0, 0.1) is 6.92 Å². The molecule has 0 fully saturated rings. The molecule has 0 atom stereocenters. The molecule has 0 radical (unpaired) electrons. The molecular formula is C12H12N4. The smallest absolute Gasteiger partial charge is 0.158 e. The molecule has 3 rings (SSSR count). The Labute approximate surface area is 93.0 Å². The zero-order chi connectivity index (χ0) is 11.1. The van der Waals surface area contributed by atoms with Crippen molar-refractivity contribution in [2.24, 2.45) is 7.05 Å². The lowest BCUT2D eigenvalue weighted by molar-refractivity contribution is 0.913. The number of aromatic amines is 1. The van der Waals surface area contributed by atoms with E-state index in [-0.39, 0.29) is 0 Å². The summed E-state index contributed by atoms with van der Waals surface area (Å²) in [6.45, 7) is 2.06. The second-order valence-electron chi connectivity index (χ2n) is 3.98. The zero-order valence-corrected chi connectivity index (χ0v) is 9.23. The largest absolute Gasteiger partial charge is 0.340 e. The van der Waals surface area contributed by atoms with E-state index in [4.69, 9.17) is 0 Å². The van der Waals surface area contributed by atoms with Crippen molar-refractivity contribution in [3.05, 3.63) is 36.3 Å². The SMILES string of the molecule is Cc1cccc2[nH]c(-c3cn(C)cn3)nc12. The standard InChI is InChI=1S/C12H12N4/c1-8-4-3-5-9-11(8)15-12(14-9)10-6-16(2)7-13-10/h3-7H,1-2H3,(H,14,15). The van der Waals surface area contributed by atoms with E-state index < -0.39 is 0 Å². The van der Waals surface area contributed by atoms with Gasteiger partial charge in [-0.3, -0.25) is 0 Å². The molecular weight excluding hydrogens is 200 g/mol. The van der Waals surface area contributed by atoms with E-state index in [9.17, 15) is 0 Å². The molecule has 4 heteroatoms. The summed E-state index contributed by atoms with van der Waals surface area (Å²) in [7, 11) is 1.95. The third-order valence-electron chi connectivity index (χ3n) is 2.66. The summed E-state index contributed by atoms with van der Waals surface area (Å²) in [5.41, 5.74) is 4.12. The Kier molecular flexibility index (Phi) is 1.83. The monoisotopic (exact) mass is 212 g/mol. The first-order valence-corrected chi connectivity index (χ1v) is 5.18. The maximum absolute atomic E-state index is 4.56. The van der Waals surface area contributed by atoms with Crippen molar-refractivity contribution in [1.29, 1.82) is 0 Å². The van der Waals surface area contributed by atoms with Gasteiger partial charge >= 0.3 is 0 Å². The maximum Gasteiger partial charge on any atom is 0.158 e. The third-order valence-corrected chi connectivity index (χ3v) is 2.66. The molecule has 16 heavy (non-hydrogen) atoms. The molecule has 0 aliphatic rings. The number of para-hydroxylation sites is 1. The fourth-order valence-electron chi connectivity index (χ4n) is 1.83. The topological polar surface area (TPSA) is 46.5 Å². The number of nitrogens with zero attached hydrogens (tertiary/aromatic N) is 3. The Morgan fingerprint density at radius 3 is 2.88 bits per heavy atom.